The Labute approximate surface area is 103 Å². The lowest BCUT2D eigenvalue weighted by atomic mass is 10.1. The number of alkyl halides is 3. The van der Waals surface area contributed by atoms with Gasteiger partial charge in [-0.1, -0.05) is 0 Å². The van der Waals surface area contributed by atoms with Crippen LogP contribution in [-0.4, -0.2) is 36.0 Å². The molecule has 0 saturated carbocycles. The number of aliphatic hydroxyl groups excluding tert-OH is 1. The maximum Gasteiger partial charge on any atom is 0.405 e. The van der Waals surface area contributed by atoms with Gasteiger partial charge in [-0.2, -0.15) is 13.2 Å². The number of nitrogens with zero attached hydrogens (tertiary/aromatic N) is 2. The first-order valence-electron chi connectivity index (χ1n) is 5.47. The minimum atomic E-state index is -4.35. The van der Waals surface area contributed by atoms with Gasteiger partial charge in [0, 0.05) is 18.8 Å². The van der Waals surface area contributed by atoms with Gasteiger partial charge in [0.05, 0.1) is 6.61 Å². The Balaban J connectivity index is 2.94. The normalized spacial score (nSPS) is 13.4. The van der Waals surface area contributed by atoms with Gasteiger partial charge in [-0.05, 0) is 24.6 Å². The van der Waals surface area contributed by atoms with Crippen LogP contribution in [0.1, 0.15) is 18.5 Å². The first-order valence-corrected chi connectivity index (χ1v) is 5.47. The van der Waals surface area contributed by atoms with Crippen molar-refractivity contribution in [3.63, 3.8) is 0 Å². The molecule has 0 radical (unpaired) electrons. The summed E-state index contributed by atoms with van der Waals surface area (Å²) in [6, 6.07) is 2.87. The van der Waals surface area contributed by atoms with Crippen LogP contribution in [0.4, 0.5) is 19.0 Å². The second kappa shape index (κ2) is 6.01. The number of nitrogens with two attached hydrogens (primary N) is 1. The molecule has 0 unspecified atom stereocenters. The molecule has 0 bridgehead atoms. The molecule has 0 spiro atoms. The molecular weight excluding hydrogens is 247 g/mol. The molecule has 3 N–H and O–H groups in total. The van der Waals surface area contributed by atoms with Crippen molar-refractivity contribution in [3.05, 3.63) is 23.9 Å². The summed E-state index contributed by atoms with van der Waals surface area (Å²) >= 11 is 0. The highest BCUT2D eigenvalue weighted by molar-refractivity contribution is 5.42. The Hall–Kier alpha value is -1.34. The number of aromatic nitrogens is 1. The molecule has 1 atom stereocenters. The number of aliphatic hydroxyl groups is 1. The lowest BCUT2D eigenvalue weighted by Crippen LogP contribution is -2.36. The molecule has 0 aliphatic heterocycles. The van der Waals surface area contributed by atoms with E-state index in [-0.39, 0.29) is 25.0 Å². The van der Waals surface area contributed by atoms with Crippen LogP contribution < -0.4 is 10.6 Å². The maximum absolute atomic E-state index is 12.4. The lowest BCUT2D eigenvalue weighted by molar-refractivity contribution is -0.120. The average molecular weight is 263 g/mol. The summed E-state index contributed by atoms with van der Waals surface area (Å²) in [6.45, 7) is 0.0807. The zero-order chi connectivity index (χ0) is 13.8. The van der Waals surface area contributed by atoms with Crippen molar-refractivity contribution >= 4 is 5.82 Å². The fourth-order valence-corrected chi connectivity index (χ4v) is 1.50. The van der Waals surface area contributed by atoms with E-state index >= 15 is 0 Å². The van der Waals surface area contributed by atoms with Gasteiger partial charge in [0.1, 0.15) is 12.4 Å². The molecule has 1 rings (SSSR count). The predicted molar refractivity (Wildman–Crippen MR) is 62.2 cm³/mol. The van der Waals surface area contributed by atoms with Crippen LogP contribution in [-0.2, 0) is 0 Å². The third kappa shape index (κ3) is 4.50. The Kier molecular flexibility index (Phi) is 4.92. The van der Waals surface area contributed by atoms with E-state index in [1.165, 1.54) is 12.3 Å². The van der Waals surface area contributed by atoms with Crippen molar-refractivity contribution in [1.82, 2.24) is 4.98 Å². The summed E-state index contributed by atoms with van der Waals surface area (Å²) in [5.41, 5.74) is 6.37. The van der Waals surface area contributed by atoms with Crippen molar-refractivity contribution in [3.8, 4) is 0 Å². The standard InChI is InChI=1S/C11H16F3N3O/c1-8(15)9-2-3-16-10(6-9)17(4-5-18)7-11(12,13)14/h2-3,6,8,18H,4-5,7,15H2,1H3/t8-/m0/s1. The van der Waals surface area contributed by atoms with Gasteiger partial charge < -0.3 is 15.7 Å². The topological polar surface area (TPSA) is 62.4 Å². The number of halogens is 3. The van der Waals surface area contributed by atoms with Crippen LogP contribution in [0.25, 0.3) is 0 Å². The summed E-state index contributed by atoms with van der Waals surface area (Å²) < 4.78 is 37.2. The van der Waals surface area contributed by atoms with E-state index in [9.17, 15) is 13.2 Å². The molecule has 18 heavy (non-hydrogen) atoms. The van der Waals surface area contributed by atoms with Crippen molar-refractivity contribution in [2.24, 2.45) is 5.73 Å². The van der Waals surface area contributed by atoms with E-state index in [1.54, 1.807) is 13.0 Å². The van der Waals surface area contributed by atoms with E-state index < -0.39 is 12.7 Å². The summed E-state index contributed by atoms with van der Waals surface area (Å²) in [5.74, 6) is 0.163. The van der Waals surface area contributed by atoms with Gasteiger partial charge in [-0.25, -0.2) is 4.98 Å². The molecule has 102 valence electrons. The summed E-state index contributed by atoms with van der Waals surface area (Å²) in [5, 5.41) is 8.81. The second-order valence-electron chi connectivity index (χ2n) is 4.00. The number of hydrogen-bond donors (Lipinski definition) is 2. The monoisotopic (exact) mass is 263 g/mol. The Morgan fingerprint density at radius 3 is 2.67 bits per heavy atom. The van der Waals surface area contributed by atoms with Gasteiger partial charge in [0.15, 0.2) is 0 Å². The average Bonchev–Trinajstić information content (AvgIpc) is 2.27. The molecular formula is C11H16F3N3O. The first kappa shape index (κ1) is 14.7. The van der Waals surface area contributed by atoms with E-state index in [0.717, 1.165) is 4.90 Å². The second-order valence-corrected chi connectivity index (χ2v) is 4.00. The van der Waals surface area contributed by atoms with E-state index in [1.807, 2.05) is 0 Å². The lowest BCUT2D eigenvalue weighted by Gasteiger charge is -2.24. The fourth-order valence-electron chi connectivity index (χ4n) is 1.50. The summed E-state index contributed by atoms with van der Waals surface area (Å²) in [6.07, 6.45) is -2.93. The molecule has 0 saturated heterocycles. The van der Waals surface area contributed by atoms with Crippen LogP contribution in [0.3, 0.4) is 0 Å². The van der Waals surface area contributed by atoms with Gasteiger partial charge >= 0.3 is 6.18 Å². The van der Waals surface area contributed by atoms with Crippen molar-refractivity contribution in [2.75, 3.05) is 24.6 Å². The maximum atomic E-state index is 12.4. The molecule has 0 aliphatic carbocycles. The van der Waals surface area contributed by atoms with Gasteiger partial charge in [-0.3, -0.25) is 0 Å². The Morgan fingerprint density at radius 1 is 1.50 bits per heavy atom. The SMILES string of the molecule is C[C@H](N)c1ccnc(N(CCO)CC(F)(F)F)c1. The highest BCUT2D eigenvalue weighted by Crippen LogP contribution is 2.22. The number of anilines is 1. The van der Waals surface area contributed by atoms with E-state index in [2.05, 4.69) is 4.98 Å². The van der Waals surface area contributed by atoms with Gasteiger partial charge in [-0.15, -0.1) is 0 Å². The van der Waals surface area contributed by atoms with Crippen LogP contribution in [0.5, 0.6) is 0 Å². The third-order valence-corrected chi connectivity index (χ3v) is 2.36. The molecule has 0 fully saturated rings. The summed E-state index contributed by atoms with van der Waals surface area (Å²) in [7, 11) is 0. The van der Waals surface area contributed by atoms with Gasteiger partial charge in [0.25, 0.3) is 0 Å². The van der Waals surface area contributed by atoms with Crippen molar-refractivity contribution < 1.29 is 18.3 Å². The minimum Gasteiger partial charge on any atom is -0.395 e. The Morgan fingerprint density at radius 2 is 2.17 bits per heavy atom. The minimum absolute atomic E-state index is 0.130. The van der Waals surface area contributed by atoms with Gasteiger partial charge in [0.2, 0.25) is 0 Å². The molecule has 1 heterocycles. The molecule has 0 aliphatic rings. The van der Waals surface area contributed by atoms with Crippen molar-refractivity contribution in [1.29, 1.82) is 0 Å². The van der Waals surface area contributed by atoms with Crippen LogP contribution in [0.15, 0.2) is 18.3 Å². The van der Waals surface area contributed by atoms with Crippen molar-refractivity contribution in [2.45, 2.75) is 19.1 Å². The molecule has 1 aromatic heterocycles. The molecule has 1 aromatic rings. The smallest absolute Gasteiger partial charge is 0.395 e. The largest absolute Gasteiger partial charge is 0.405 e. The van der Waals surface area contributed by atoms with E-state index in [4.69, 9.17) is 10.8 Å². The van der Waals surface area contributed by atoms with Crippen LogP contribution >= 0.6 is 0 Å². The predicted octanol–water partition coefficient (Wildman–Crippen LogP) is 1.46. The highest BCUT2D eigenvalue weighted by Gasteiger charge is 2.31. The third-order valence-electron chi connectivity index (χ3n) is 2.36. The quantitative estimate of drug-likeness (QED) is 0.844. The number of rotatable bonds is 5. The fraction of sp³-hybridized carbons (Fsp3) is 0.545. The molecule has 0 aromatic carbocycles. The van der Waals surface area contributed by atoms with Crippen LogP contribution in [0, 0.1) is 0 Å². The zero-order valence-electron chi connectivity index (χ0n) is 9.98. The van der Waals surface area contributed by atoms with E-state index in [0.29, 0.717) is 5.56 Å². The number of pyridine rings is 1. The summed E-state index contributed by atoms with van der Waals surface area (Å²) in [4.78, 5) is 4.86. The Bertz CT molecular complexity index is 382. The van der Waals surface area contributed by atoms with Crippen LogP contribution in [0.2, 0.25) is 0 Å². The number of hydrogen-bond acceptors (Lipinski definition) is 4. The zero-order valence-corrected chi connectivity index (χ0v) is 9.98. The first-order chi connectivity index (χ1) is 8.33. The highest BCUT2D eigenvalue weighted by atomic mass is 19.4. The molecule has 4 nitrogen and oxygen atoms in total. The molecule has 0 amide bonds. The molecule has 7 heteroatoms.